The van der Waals surface area contributed by atoms with Crippen LogP contribution in [0.15, 0.2) is 23.1 Å². The average molecular weight is 266 g/mol. The standard InChI is InChI=1S/C12H14N2O3S/c1-7-11(15)14-9-6-8(2-3-10(9)18-7)4-5-13-12(16)17/h2-3,6-7,13H,4-5H2,1H3,(H,14,15)(H,16,17). The third kappa shape index (κ3) is 2.95. The number of nitrogens with one attached hydrogen (secondary N) is 2. The highest BCUT2D eigenvalue weighted by atomic mass is 32.2. The second kappa shape index (κ2) is 5.30. The van der Waals surface area contributed by atoms with Crippen LogP contribution < -0.4 is 10.6 Å². The van der Waals surface area contributed by atoms with Crippen molar-refractivity contribution in [3.05, 3.63) is 23.8 Å². The molecule has 1 aliphatic rings. The van der Waals surface area contributed by atoms with Crippen LogP contribution in [-0.2, 0) is 11.2 Å². The van der Waals surface area contributed by atoms with Crippen molar-refractivity contribution in [3.63, 3.8) is 0 Å². The van der Waals surface area contributed by atoms with Gasteiger partial charge in [0.1, 0.15) is 0 Å². The first-order valence-corrected chi connectivity index (χ1v) is 6.51. The van der Waals surface area contributed by atoms with Gasteiger partial charge in [0.05, 0.1) is 10.9 Å². The van der Waals surface area contributed by atoms with E-state index in [0.29, 0.717) is 13.0 Å². The van der Waals surface area contributed by atoms with Crippen LogP contribution in [0.2, 0.25) is 0 Å². The lowest BCUT2D eigenvalue weighted by atomic mass is 10.1. The number of carboxylic acid groups (broad SMARTS) is 1. The number of fused-ring (bicyclic) bond motifs is 1. The Morgan fingerprint density at radius 3 is 3.06 bits per heavy atom. The summed E-state index contributed by atoms with van der Waals surface area (Å²) in [6.45, 7) is 2.24. The molecule has 96 valence electrons. The van der Waals surface area contributed by atoms with Crippen LogP contribution in [0.1, 0.15) is 12.5 Å². The van der Waals surface area contributed by atoms with Crippen molar-refractivity contribution in [3.8, 4) is 0 Å². The topological polar surface area (TPSA) is 78.4 Å². The van der Waals surface area contributed by atoms with Gasteiger partial charge in [0.25, 0.3) is 0 Å². The zero-order valence-electron chi connectivity index (χ0n) is 9.90. The van der Waals surface area contributed by atoms with Crippen molar-refractivity contribution < 1.29 is 14.7 Å². The predicted molar refractivity (Wildman–Crippen MR) is 70.1 cm³/mol. The fourth-order valence-electron chi connectivity index (χ4n) is 1.73. The minimum atomic E-state index is -1.02. The molecule has 0 fully saturated rings. The molecule has 0 radical (unpaired) electrons. The molecule has 1 aromatic rings. The number of benzene rings is 1. The molecule has 0 spiro atoms. The smallest absolute Gasteiger partial charge is 0.404 e. The van der Waals surface area contributed by atoms with E-state index in [0.717, 1.165) is 16.1 Å². The van der Waals surface area contributed by atoms with Crippen LogP contribution in [0.25, 0.3) is 0 Å². The molecule has 0 saturated carbocycles. The zero-order valence-corrected chi connectivity index (χ0v) is 10.7. The van der Waals surface area contributed by atoms with Crippen LogP contribution in [0, 0.1) is 0 Å². The Balaban J connectivity index is 2.05. The minimum Gasteiger partial charge on any atom is -0.465 e. The summed E-state index contributed by atoms with van der Waals surface area (Å²) in [6, 6.07) is 5.82. The Morgan fingerprint density at radius 2 is 2.33 bits per heavy atom. The van der Waals surface area contributed by atoms with Crippen LogP contribution in [-0.4, -0.2) is 28.9 Å². The average Bonchev–Trinajstić information content (AvgIpc) is 2.30. The van der Waals surface area contributed by atoms with Gasteiger partial charge in [-0.15, -0.1) is 11.8 Å². The lowest BCUT2D eigenvalue weighted by molar-refractivity contribution is -0.115. The summed E-state index contributed by atoms with van der Waals surface area (Å²) >= 11 is 1.54. The highest BCUT2D eigenvalue weighted by molar-refractivity contribution is 8.00. The number of hydrogen-bond donors (Lipinski definition) is 3. The Labute approximate surface area is 109 Å². The number of thioether (sulfide) groups is 1. The third-order valence-electron chi connectivity index (χ3n) is 2.66. The first kappa shape index (κ1) is 12.8. The molecule has 18 heavy (non-hydrogen) atoms. The summed E-state index contributed by atoms with van der Waals surface area (Å²) in [5.41, 5.74) is 1.81. The van der Waals surface area contributed by atoms with Gasteiger partial charge in [0.15, 0.2) is 0 Å². The first-order chi connectivity index (χ1) is 8.56. The third-order valence-corrected chi connectivity index (χ3v) is 3.84. The Kier molecular flexibility index (Phi) is 3.76. The molecule has 1 atom stereocenters. The van der Waals surface area contributed by atoms with Gasteiger partial charge in [0, 0.05) is 11.4 Å². The molecule has 5 nitrogen and oxygen atoms in total. The molecule has 0 aromatic heterocycles. The van der Waals surface area contributed by atoms with Crippen molar-refractivity contribution >= 4 is 29.4 Å². The molecule has 2 amide bonds. The van der Waals surface area contributed by atoms with E-state index in [1.807, 2.05) is 25.1 Å². The van der Waals surface area contributed by atoms with Crippen molar-refractivity contribution in [1.82, 2.24) is 5.32 Å². The van der Waals surface area contributed by atoms with Crippen molar-refractivity contribution in [2.24, 2.45) is 0 Å². The fourth-order valence-corrected chi connectivity index (χ4v) is 2.66. The quantitative estimate of drug-likeness (QED) is 0.781. The molecular formula is C12H14N2O3S. The monoisotopic (exact) mass is 266 g/mol. The molecular weight excluding hydrogens is 252 g/mol. The van der Waals surface area contributed by atoms with Gasteiger partial charge in [-0.1, -0.05) is 6.07 Å². The van der Waals surface area contributed by atoms with Crippen LogP contribution in [0.4, 0.5) is 10.5 Å². The molecule has 1 aliphatic heterocycles. The van der Waals surface area contributed by atoms with Crippen LogP contribution >= 0.6 is 11.8 Å². The van der Waals surface area contributed by atoms with Crippen LogP contribution in [0.5, 0.6) is 0 Å². The highest BCUT2D eigenvalue weighted by Gasteiger charge is 2.22. The second-order valence-electron chi connectivity index (χ2n) is 4.06. The van der Waals surface area contributed by atoms with E-state index in [9.17, 15) is 9.59 Å². The summed E-state index contributed by atoms with van der Waals surface area (Å²) in [5.74, 6) is 0.00770. The number of rotatable bonds is 3. The van der Waals surface area contributed by atoms with Crippen molar-refractivity contribution in [2.45, 2.75) is 23.5 Å². The van der Waals surface area contributed by atoms with E-state index in [1.54, 1.807) is 0 Å². The predicted octanol–water partition coefficient (Wildman–Crippen LogP) is 1.93. The number of carbonyl (C=O) groups is 2. The van der Waals surface area contributed by atoms with E-state index >= 15 is 0 Å². The lowest BCUT2D eigenvalue weighted by Crippen LogP contribution is -2.26. The first-order valence-electron chi connectivity index (χ1n) is 5.63. The fraction of sp³-hybridized carbons (Fsp3) is 0.333. The largest absolute Gasteiger partial charge is 0.465 e. The van der Waals surface area contributed by atoms with Gasteiger partial charge >= 0.3 is 6.09 Å². The van der Waals surface area contributed by atoms with Gasteiger partial charge < -0.3 is 15.7 Å². The van der Waals surface area contributed by atoms with E-state index < -0.39 is 6.09 Å². The maximum Gasteiger partial charge on any atom is 0.404 e. The Bertz CT molecular complexity index is 490. The van der Waals surface area contributed by atoms with Crippen LogP contribution in [0.3, 0.4) is 0 Å². The van der Waals surface area contributed by atoms with Gasteiger partial charge in [-0.25, -0.2) is 4.79 Å². The van der Waals surface area contributed by atoms with E-state index in [1.165, 1.54) is 11.8 Å². The molecule has 1 unspecified atom stereocenters. The number of hydrogen-bond acceptors (Lipinski definition) is 3. The molecule has 1 aromatic carbocycles. The molecule has 0 saturated heterocycles. The number of amides is 2. The minimum absolute atomic E-state index is 0.00770. The zero-order chi connectivity index (χ0) is 13.1. The SMILES string of the molecule is CC1Sc2ccc(CCNC(=O)O)cc2NC1=O. The highest BCUT2D eigenvalue weighted by Crippen LogP contribution is 2.35. The second-order valence-corrected chi connectivity index (χ2v) is 5.44. The van der Waals surface area contributed by atoms with Crippen molar-refractivity contribution in [2.75, 3.05) is 11.9 Å². The van der Waals surface area contributed by atoms with Gasteiger partial charge in [0.2, 0.25) is 5.91 Å². The van der Waals surface area contributed by atoms with E-state index in [2.05, 4.69) is 10.6 Å². The summed E-state index contributed by atoms with van der Waals surface area (Å²) in [5, 5.41) is 13.6. The summed E-state index contributed by atoms with van der Waals surface area (Å²) < 4.78 is 0. The molecule has 3 N–H and O–H groups in total. The molecule has 6 heteroatoms. The Hall–Kier alpha value is -1.69. The maximum absolute atomic E-state index is 11.5. The van der Waals surface area contributed by atoms with Gasteiger partial charge in [-0.05, 0) is 31.0 Å². The van der Waals surface area contributed by atoms with E-state index in [-0.39, 0.29) is 11.2 Å². The van der Waals surface area contributed by atoms with Gasteiger partial charge in [-0.2, -0.15) is 0 Å². The molecule has 1 heterocycles. The summed E-state index contributed by atoms with van der Waals surface area (Å²) in [4.78, 5) is 22.9. The number of carbonyl (C=O) groups excluding carboxylic acids is 1. The summed E-state index contributed by atoms with van der Waals surface area (Å²) in [6.07, 6.45) is -0.416. The Morgan fingerprint density at radius 1 is 1.56 bits per heavy atom. The number of anilines is 1. The molecule has 0 bridgehead atoms. The van der Waals surface area contributed by atoms with Gasteiger partial charge in [-0.3, -0.25) is 4.79 Å². The normalized spacial score (nSPS) is 17.8. The van der Waals surface area contributed by atoms with E-state index in [4.69, 9.17) is 5.11 Å². The lowest BCUT2D eigenvalue weighted by Gasteiger charge is -2.21. The van der Waals surface area contributed by atoms with Crippen molar-refractivity contribution in [1.29, 1.82) is 0 Å². The molecule has 2 rings (SSSR count). The maximum atomic E-state index is 11.5. The molecule has 0 aliphatic carbocycles. The summed E-state index contributed by atoms with van der Waals surface area (Å²) in [7, 11) is 0.